The first-order valence-corrected chi connectivity index (χ1v) is 12.8. The molecule has 3 aromatic carbocycles. The molecular weight excluding hydrogens is 534 g/mol. The number of anilines is 1. The molecule has 4 rings (SSSR count). The number of nitrogens with zero attached hydrogens (tertiary/aromatic N) is 1. The summed E-state index contributed by atoms with van der Waals surface area (Å²) in [6, 6.07) is 13.6. The van der Waals surface area contributed by atoms with Crippen LogP contribution in [0.2, 0.25) is 0 Å². The van der Waals surface area contributed by atoms with Crippen LogP contribution in [0.5, 0.6) is 0 Å². The van der Waals surface area contributed by atoms with Gasteiger partial charge in [0, 0.05) is 10.1 Å². The molecule has 0 saturated carbocycles. The van der Waals surface area contributed by atoms with Gasteiger partial charge in [0.2, 0.25) is 0 Å². The second-order valence-corrected chi connectivity index (χ2v) is 10.7. The normalized spacial score (nSPS) is 11.9. The predicted molar refractivity (Wildman–Crippen MR) is 130 cm³/mol. The molecule has 0 amide bonds. The standard InChI is InChI=1S/C25H17F4NO5S2/c1-35-24(32)16-7-9-17(10-8-16)37(33,34)30(13-15-6-11-21(26)20(12-15)25(27,28)29)23-19(14-31)18-4-2-3-5-22(18)36-23/h2-12,14H,13H2,1H3. The molecule has 1 heterocycles. The number of hydrogen-bond donors (Lipinski definition) is 0. The van der Waals surface area contributed by atoms with E-state index >= 15 is 0 Å². The van der Waals surface area contributed by atoms with Crippen LogP contribution in [0.15, 0.2) is 71.6 Å². The van der Waals surface area contributed by atoms with Gasteiger partial charge in [-0.25, -0.2) is 17.6 Å². The molecule has 0 spiro atoms. The van der Waals surface area contributed by atoms with Gasteiger partial charge in [-0.3, -0.25) is 9.10 Å². The molecule has 0 saturated heterocycles. The molecule has 0 unspecified atom stereocenters. The lowest BCUT2D eigenvalue weighted by atomic mass is 10.1. The summed E-state index contributed by atoms with van der Waals surface area (Å²) in [5.74, 6) is -2.20. The molecule has 192 valence electrons. The summed E-state index contributed by atoms with van der Waals surface area (Å²) in [4.78, 5) is 23.5. The lowest BCUT2D eigenvalue weighted by Gasteiger charge is -2.24. The average Bonchev–Trinajstić information content (AvgIpc) is 3.25. The summed E-state index contributed by atoms with van der Waals surface area (Å²) >= 11 is 0.967. The first-order valence-electron chi connectivity index (χ1n) is 10.5. The van der Waals surface area contributed by atoms with Crippen LogP contribution in [0.25, 0.3) is 10.1 Å². The van der Waals surface area contributed by atoms with Gasteiger partial charge < -0.3 is 4.74 Å². The molecule has 0 aliphatic heterocycles. The Hall–Kier alpha value is -3.77. The van der Waals surface area contributed by atoms with Crippen molar-refractivity contribution in [3.63, 3.8) is 0 Å². The van der Waals surface area contributed by atoms with Gasteiger partial charge in [-0.05, 0) is 48.0 Å². The fourth-order valence-corrected chi connectivity index (χ4v) is 6.53. The summed E-state index contributed by atoms with van der Waals surface area (Å²) < 4.78 is 87.4. The Morgan fingerprint density at radius 3 is 2.35 bits per heavy atom. The number of thiophene rings is 1. The molecule has 0 N–H and O–H groups in total. The molecular formula is C25H17F4NO5S2. The fourth-order valence-electron chi connectivity index (χ4n) is 3.68. The van der Waals surface area contributed by atoms with E-state index in [1.165, 1.54) is 12.1 Å². The van der Waals surface area contributed by atoms with E-state index in [1.54, 1.807) is 24.3 Å². The molecule has 12 heteroatoms. The summed E-state index contributed by atoms with van der Waals surface area (Å²) in [5.41, 5.74) is -1.58. The van der Waals surface area contributed by atoms with E-state index in [-0.39, 0.29) is 26.6 Å². The molecule has 0 atom stereocenters. The second-order valence-electron chi connectivity index (χ2n) is 7.77. The molecule has 1 aromatic heterocycles. The largest absolute Gasteiger partial charge is 0.465 e. The van der Waals surface area contributed by atoms with Crippen molar-refractivity contribution in [2.75, 3.05) is 11.4 Å². The third kappa shape index (κ3) is 5.07. The Bertz CT molecular complexity index is 1600. The number of methoxy groups -OCH3 is 1. The van der Waals surface area contributed by atoms with E-state index in [1.807, 2.05) is 0 Å². The van der Waals surface area contributed by atoms with E-state index in [9.17, 15) is 35.6 Å². The van der Waals surface area contributed by atoms with Gasteiger partial charge in [-0.2, -0.15) is 13.2 Å². The highest BCUT2D eigenvalue weighted by molar-refractivity contribution is 7.93. The number of ether oxygens (including phenoxy) is 1. The Balaban J connectivity index is 1.89. The monoisotopic (exact) mass is 551 g/mol. The molecule has 0 aliphatic rings. The van der Waals surface area contributed by atoms with Crippen LogP contribution >= 0.6 is 11.3 Å². The number of halogens is 4. The smallest absolute Gasteiger partial charge is 0.419 e. The highest BCUT2D eigenvalue weighted by Crippen LogP contribution is 2.41. The van der Waals surface area contributed by atoms with Crippen LogP contribution in [-0.4, -0.2) is 27.8 Å². The highest BCUT2D eigenvalue weighted by atomic mass is 32.2. The Kier molecular flexibility index (Phi) is 7.07. The SMILES string of the molecule is COC(=O)c1ccc(S(=O)(=O)N(Cc2ccc(F)c(C(F)(F)F)c2)c2sc3ccccc3c2C=O)cc1. The van der Waals surface area contributed by atoms with E-state index < -0.39 is 40.1 Å². The summed E-state index contributed by atoms with van der Waals surface area (Å²) in [6.07, 6.45) is -4.53. The maximum absolute atomic E-state index is 13.9. The maximum Gasteiger partial charge on any atom is 0.419 e. The molecule has 6 nitrogen and oxygen atoms in total. The number of esters is 1. The lowest BCUT2D eigenvalue weighted by molar-refractivity contribution is -0.140. The Morgan fingerprint density at radius 2 is 1.73 bits per heavy atom. The number of fused-ring (bicyclic) bond motifs is 1. The Morgan fingerprint density at radius 1 is 1.05 bits per heavy atom. The van der Waals surface area contributed by atoms with Crippen LogP contribution in [-0.2, 0) is 27.5 Å². The first kappa shape index (κ1) is 26.3. The van der Waals surface area contributed by atoms with E-state index in [0.29, 0.717) is 28.5 Å². The minimum atomic E-state index is -5.00. The van der Waals surface area contributed by atoms with Crippen LogP contribution < -0.4 is 4.31 Å². The van der Waals surface area contributed by atoms with Crippen molar-refractivity contribution in [3.05, 3.63) is 94.8 Å². The topological polar surface area (TPSA) is 80.8 Å². The average molecular weight is 552 g/mol. The number of sulfonamides is 1. The van der Waals surface area contributed by atoms with E-state index in [2.05, 4.69) is 4.74 Å². The number of carbonyl (C=O) groups is 2. The number of alkyl halides is 3. The lowest BCUT2D eigenvalue weighted by Crippen LogP contribution is -2.31. The van der Waals surface area contributed by atoms with Crippen molar-refractivity contribution in [1.29, 1.82) is 0 Å². The summed E-state index contributed by atoms with van der Waals surface area (Å²) in [5, 5.41) is 0.444. The quantitative estimate of drug-likeness (QED) is 0.159. The Labute approximate surface area is 212 Å². The number of rotatable bonds is 7. The van der Waals surface area contributed by atoms with E-state index in [0.717, 1.165) is 41.0 Å². The molecule has 37 heavy (non-hydrogen) atoms. The van der Waals surface area contributed by atoms with Gasteiger partial charge in [0.15, 0.2) is 6.29 Å². The molecule has 0 fully saturated rings. The van der Waals surface area contributed by atoms with Crippen LogP contribution in [0, 0.1) is 5.82 Å². The van der Waals surface area contributed by atoms with Gasteiger partial charge in [-0.15, -0.1) is 11.3 Å². The van der Waals surface area contributed by atoms with Crippen LogP contribution in [0.4, 0.5) is 22.6 Å². The van der Waals surface area contributed by atoms with Crippen molar-refractivity contribution in [1.82, 2.24) is 0 Å². The predicted octanol–water partition coefficient (Wildman–Crippen LogP) is 6.05. The number of benzene rings is 3. The minimum absolute atomic E-state index is 0.0221. The zero-order valence-electron chi connectivity index (χ0n) is 19.0. The molecule has 0 radical (unpaired) electrons. The van der Waals surface area contributed by atoms with Crippen molar-refractivity contribution in [2.24, 2.45) is 0 Å². The van der Waals surface area contributed by atoms with Crippen molar-refractivity contribution in [2.45, 2.75) is 17.6 Å². The van der Waals surface area contributed by atoms with Crippen molar-refractivity contribution in [3.8, 4) is 0 Å². The second kappa shape index (κ2) is 9.94. The molecule has 0 bridgehead atoms. The van der Waals surface area contributed by atoms with Gasteiger partial charge >= 0.3 is 12.1 Å². The highest BCUT2D eigenvalue weighted by Gasteiger charge is 2.35. The minimum Gasteiger partial charge on any atom is -0.465 e. The third-order valence-electron chi connectivity index (χ3n) is 5.48. The van der Waals surface area contributed by atoms with Crippen molar-refractivity contribution < 1.29 is 40.3 Å². The zero-order valence-corrected chi connectivity index (χ0v) is 20.6. The maximum atomic E-state index is 13.9. The summed E-state index contributed by atoms with van der Waals surface area (Å²) in [6.45, 7) is -0.627. The van der Waals surface area contributed by atoms with Crippen molar-refractivity contribution >= 4 is 48.7 Å². The van der Waals surface area contributed by atoms with Gasteiger partial charge in [0.1, 0.15) is 10.8 Å². The van der Waals surface area contributed by atoms with Gasteiger partial charge in [0.25, 0.3) is 10.0 Å². The summed E-state index contributed by atoms with van der Waals surface area (Å²) in [7, 11) is -3.32. The van der Waals surface area contributed by atoms with Crippen LogP contribution in [0.1, 0.15) is 31.8 Å². The van der Waals surface area contributed by atoms with E-state index in [4.69, 9.17) is 0 Å². The number of aldehydes is 1. The first-order chi connectivity index (χ1) is 17.5. The molecule has 4 aromatic rings. The van der Waals surface area contributed by atoms with Gasteiger partial charge in [0.05, 0.1) is 35.2 Å². The zero-order chi connectivity index (χ0) is 27.0. The van der Waals surface area contributed by atoms with Crippen LogP contribution in [0.3, 0.4) is 0 Å². The number of carbonyl (C=O) groups excluding carboxylic acids is 2. The third-order valence-corrected chi connectivity index (χ3v) is 8.57. The molecule has 0 aliphatic carbocycles. The number of hydrogen-bond acceptors (Lipinski definition) is 6. The van der Waals surface area contributed by atoms with Gasteiger partial charge in [-0.1, -0.05) is 24.3 Å². The fraction of sp³-hybridized carbons (Fsp3) is 0.120.